The van der Waals surface area contributed by atoms with Crippen LogP contribution in [0.4, 0.5) is 5.82 Å². The molecule has 2 N–H and O–H groups in total. The number of aromatic nitrogens is 4. The molecule has 32 heavy (non-hydrogen) atoms. The van der Waals surface area contributed by atoms with Crippen molar-refractivity contribution in [1.82, 2.24) is 24.7 Å². The number of halogens is 2. The molecule has 0 aliphatic rings. The third kappa shape index (κ3) is 7.08. The Hall–Kier alpha value is -2.35. The van der Waals surface area contributed by atoms with Gasteiger partial charge in [0.05, 0.1) is 23.7 Å². The Kier molecular flexibility index (Phi) is 4.39. The summed E-state index contributed by atoms with van der Waals surface area (Å²) in [6.45, 7) is -8.44. The molecule has 2 aromatic heterocycles. The Bertz CT molecular complexity index is 1720. The van der Waals surface area contributed by atoms with Crippen LogP contribution in [0.1, 0.15) is 31.2 Å². The first-order valence-corrected chi connectivity index (χ1v) is 11.4. The Morgan fingerprint density at radius 2 is 1.72 bits per heavy atom. The fourth-order valence-corrected chi connectivity index (χ4v) is 3.04. The third-order valence-corrected chi connectivity index (χ3v) is 4.68. The number of rotatable bonds is 11. The van der Waals surface area contributed by atoms with Gasteiger partial charge < -0.3 is 9.47 Å². The van der Waals surface area contributed by atoms with Gasteiger partial charge >= 0.3 is 6.01 Å². The highest BCUT2D eigenvalue weighted by Gasteiger charge is 2.19. The summed E-state index contributed by atoms with van der Waals surface area (Å²) in [6.07, 6.45) is -2.61. The minimum Gasteiger partial charge on any atom is -0.473 e. The molecule has 0 radical (unpaired) electrons. The second-order valence-corrected chi connectivity index (χ2v) is 8.23. The molecular weight excluding hydrogens is 568 g/mol. The van der Waals surface area contributed by atoms with Crippen LogP contribution in [0, 0.1) is 0 Å². The number of ether oxygens (including phenoxy) is 2. The molecule has 2 heterocycles. The fourth-order valence-electron chi connectivity index (χ4n) is 1.87. The topological polar surface area (TPSA) is 128 Å². The van der Waals surface area contributed by atoms with Crippen LogP contribution in [0.3, 0.4) is 0 Å². The van der Waals surface area contributed by atoms with Crippen LogP contribution in [0.15, 0.2) is 51.8 Å². The minimum absolute atomic E-state index is 0.172. The van der Waals surface area contributed by atoms with E-state index < -0.39 is 101 Å². The fraction of sp³-hybridized carbons (Fsp3) is 0.263. The second-order valence-electron chi connectivity index (χ2n) is 5.23. The van der Waals surface area contributed by atoms with E-state index in [4.69, 9.17) is 27.3 Å². The largest absolute Gasteiger partial charge is 0.473 e. The highest BCUT2D eigenvalue weighted by molar-refractivity contribution is 9.10. The maximum absolute atomic E-state index is 12.9. The number of hydrogen-bond donors (Lipinski definition) is 2. The second kappa shape index (κ2) is 11.5. The summed E-state index contributed by atoms with van der Waals surface area (Å²) in [5.74, 6) is -2.15. The Morgan fingerprint density at radius 3 is 2.41 bits per heavy atom. The molecule has 0 aliphatic carbocycles. The summed E-state index contributed by atoms with van der Waals surface area (Å²) < 4.78 is 144. The first-order valence-electron chi connectivity index (χ1n) is 14.8. The molecule has 0 atom stereocenters. The minimum atomic E-state index is -4.93. The van der Waals surface area contributed by atoms with Gasteiger partial charge in [-0.1, -0.05) is 34.9 Å². The van der Waals surface area contributed by atoms with E-state index >= 15 is 0 Å². The zero-order valence-electron chi connectivity index (χ0n) is 28.8. The van der Waals surface area contributed by atoms with E-state index in [1.165, 1.54) is 6.92 Å². The summed E-state index contributed by atoms with van der Waals surface area (Å²) in [4.78, 5) is 14.2. The summed E-state index contributed by atoms with van der Waals surface area (Å²) in [5.41, 5.74) is -1.66. The number of anilines is 1. The maximum atomic E-state index is 12.9. The summed E-state index contributed by atoms with van der Waals surface area (Å²) in [7, 11) is -4.93. The molecule has 0 bridgehead atoms. The molecule has 0 aliphatic heterocycles. The van der Waals surface area contributed by atoms with Crippen molar-refractivity contribution in [3.05, 3.63) is 51.8 Å². The van der Waals surface area contributed by atoms with E-state index in [-0.39, 0.29) is 15.4 Å². The molecule has 0 saturated carbocycles. The molecule has 0 amide bonds. The first-order chi connectivity index (χ1) is 20.4. The maximum Gasteiger partial charge on any atom is 0.316 e. The zero-order chi connectivity index (χ0) is 34.4. The molecule has 0 unspecified atom stereocenters. The molecular formula is C19H20Br2N6O4S. The molecule has 0 fully saturated rings. The Labute approximate surface area is 220 Å². The van der Waals surface area contributed by atoms with Crippen molar-refractivity contribution in [2.45, 2.75) is 13.3 Å². The molecule has 1 aromatic carbocycles. The zero-order valence-corrected chi connectivity index (χ0v) is 19.8. The molecule has 13 heteroatoms. The van der Waals surface area contributed by atoms with E-state index in [1.807, 2.05) is 0 Å². The van der Waals surface area contributed by atoms with Crippen molar-refractivity contribution in [3.63, 3.8) is 0 Å². The van der Waals surface area contributed by atoms with Crippen LogP contribution < -0.4 is 18.9 Å². The molecule has 3 aromatic rings. The lowest BCUT2D eigenvalue weighted by Gasteiger charge is -2.15. The van der Waals surface area contributed by atoms with E-state index in [2.05, 4.69) is 51.8 Å². The SMILES string of the molecule is [2H]c1nc(NS(=O)(=O)NC([2H])([2H])CC)c(-c2c([2H])c([2H])c(Br)c([2H])c2[2H])c(OC([2H])([2H])C([2H])([2H])Oc2nc([2H])c(Br)c([2H])n2)n1. The molecule has 3 rings (SSSR count). The van der Waals surface area contributed by atoms with Gasteiger partial charge in [0.25, 0.3) is 10.2 Å². The quantitative estimate of drug-likeness (QED) is 0.342. The van der Waals surface area contributed by atoms with E-state index in [9.17, 15) is 8.42 Å². The van der Waals surface area contributed by atoms with Crippen molar-refractivity contribution in [3.8, 4) is 23.0 Å². The number of nitrogens with zero attached hydrogens (tertiary/aromatic N) is 4. The van der Waals surface area contributed by atoms with Crippen LogP contribution in [0.2, 0.25) is 0 Å². The van der Waals surface area contributed by atoms with Crippen LogP contribution in [-0.2, 0) is 10.2 Å². The standard InChI is InChI=1S/C19H20Br2N6O4S/c1-2-7-26-32(28,29)27-17-16(13-3-5-14(20)6-4-13)18(25-12-24-17)30-8-9-31-19-22-10-15(21)11-23-19/h3-6,10-12,26H,2,7-9H2,1H3,(H,24,25,27)/i3D,4D,5D,6D,7D2,8D2,9D2,10D,11D,12D. The summed E-state index contributed by atoms with van der Waals surface area (Å²) in [5, 5.41) is 0. The lowest BCUT2D eigenvalue weighted by atomic mass is 10.1. The van der Waals surface area contributed by atoms with Crippen LogP contribution in [-0.4, -0.2) is 48.0 Å². The van der Waals surface area contributed by atoms with Crippen molar-refractivity contribution in [2.75, 3.05) is 24.3 Å². The van der Waals surface area contributed by atoms with Crippen molar-refractivity contribution in [2.24, 2.45) is 0 Å². The summed E-state index contributed by atoms with van der Waals surface area (Å²) in [6, 6.07) is -4.02. The Balaban J connectivity index is 2.27. The predicted octanol–water partition coefficient (Wildman–Crippen LogP) is 3.57. The van der Waals surface area contributed by atoms with Crippen molar-refractivity contribution >= 4 is 47.9 Å². The van der Waals surface area contributed by atoms with Crippen LogP contribution in [0.25, 0.3) is 11.1 Å². The molecule has 170 valence electrons. The van der Waals surface area contributed by atoms with Gasteiger partial charge in [-0.25, -0.2) is 19.9 Å². The molecule has 0 spiro atoms. The smallest absolute Gasteiger partial charge is 0.316 e. The van der Waals surface area contributed by atoms with Crippen molar-refractivity contribution in [1.29, 1.82) is 0 Å². The van der Waals surface area contributed by atoms with Gasteiger partial charge in [0.15, 0.2) is 5.82 Å². The van der Waals surface area contributed by atoms with E-state index in [0.29, 0.717) is 0 Å². The predicted molar refractivity (Wildman–Crippen MR) is 127 cm³/mol. The van der Waals surface area contributed by atoms with Gasteiger partial charge in [-0.05, 0) is 40.0 Å². The van der Waals surface area contributed by atoms with Gasteiger partial charge in [0.1, 0.15) is 20.8 Å². The summed E-state index contributed by atoms with van der Waals surface area (Å²) >= 11 is 5.78. The van der Waals surface area contributed by atoms with E-state index in [1.54, 1.807) is 9.44 Å². The number of benzene rings is 1. The van der Waals surface area contributed by atoms with E-state index in [0.717, 1.165) is 0 Å². The highest BCUT2D eigenvalue weighted by Crippen LogP contribution is 2.34. The van der Waals surface area contributed by atoms with Gasteiger partial charge in [-0.15, -0.1) is 0 Å². The van der Waals surface area contributed by atoms with Crippen LogP contribution in [0.5, 0.6) is 11.9 Å². The number of hydrogen-bond acceptors (Lipinski definition) is 8. The lowest BCUT2D eigenvalue weighted by Crippen LogP contribution is -2.31. The van der Waals surface area contributed by atoms with Gasteiger partial charge in [0, 0.05) is 26.1 Å². The monoisotopic (exact) mass is 599 g/mol. The average molecular weight is 601 g/mol. The van der Waals surface area contributed by atoms with Crippen LogP contribution >= 0.6 is 31.9 Å². The normalized spacial score (nSPS) is 18.4. The van der Waals surface area contributed by atoms with Gasteiger partial charge in [-0.2, -0.15) is 13.1 Å². The Morgan fingerprint density at radius 1 is 1.03 bits per heavy atom. The third-order valence-electron chi connectivity index (χ3n) is 3.05. The molecule has 0 saturated heterocycles. The number of nitrogens with one attached hydrogen (secondary N) is 2. The molecule has 10 nitrogen and oxygen atoms in total. The highest BCUT2D eigenvalue weighted by atomic mass is 79.9. The lowest BCUT2D eigenvalue weighted by molar-refractivity contribution is 0.202. The van der Waals surface area contributed by atoms with Crippen molar-refractivity contribution < 1.29 is 35.7 Å². The van der Waals surface area contributed by atoms with Gasteiger partial charge in [0.2, 0.25) is 5.88 Å². The first kappa shape index (κ1) is 12.2. The average Bonchev–Trinajstić information content (AvgIpc) is 2.89. The van der Waals surface area contributed by atoms with Gasteiger partial charge in [-0.3, -0.25) is 4.72 Å².